The van der Waals surface area contributed by atoms with Crippen molar-refractivity contribution in [3.05, 3.63) is 60.9 Å². The summed E-state index contributed by atoms with van der Waals surface area (Å²) in [6.45, 7) is 0. The van der Waals surface area contributed by atoms with Crippen molar-refractivity contribution in [2.75, 3.05) is 0 Å². The topological polar surface area (TPSA) is 50.8 Å². The molecule has 1 aromatic carbocycles. The average molecular weight is 237 g/mol. The van der Waals surface area contributed by atoms with E-state index in [0.717, 1.165) is 17.0 Å². The molecule has 0 aliphatic heterocycles. The molecule has 4 heteroatoms. The zero-order valence-electron chi connectivity index (χ0n) is 9.58. The van der Waals surface area contributed by atoms with Crippen molar-refractivity contribution in [3.8, 4) is 22.9 Å². The molecule has 3 rings (SSSR count). The summed E-state index contributed by atoms with van der Waals surface area (Å²) < 4.78 is 5.61. The molecule has 0 unspecified atom stereocenters. The van der Waals surface area contributed by atoms with Gasteiger partial charge in [-0.2, -0.15) is 5.10 Å². The van der Waals surface area contributed by atoms with E-state index in [1.807, 2.05) is 48.5 Å². The van der Waals surface area contributed by atoms with Crippen molar-refractivity contribution in [1.82, 2.24) is 15.2 Å². The quantitative estimate of drug-likeness (QED) is 0.760. The number of hydrogen-bond acceptors (Lipinski definition) is 3. The third kappa shape index (κ3) is 2.22. The molecule has 0 atom stereocenters. The molecule has 0 aliphatic rings. The SMILES string of the molecule is c1ccc(Oc2ccc(-c3ccn[nH]3)cc2)nc1. The van der Waals surface area contributed by atoms with Crippen LogP contribution in [0.25, 0.3) is 11.3 Å². The van der Waals surface area contributed by atoms with E-state index in [1.165, 1.54) is 0 Å². The standard InChI is InChI=1S/C14H11N3O/c1-2-9-15-14(3-1)18-12-6-4-11(5-7-12)13-8-10-16-17-13/h1-10H,(H,16,17). The smallest absolute Gasteiger partial charge is 0.219 e. The molecule has 2 heterocycles. The number of hydrogen-bond donors (Lipinski definition) is 1. The van der Waals surface area contributed by atoms with Gasteiger partial charge in [0.2, 0.25) is 5.88 Å². The summed E-state index contributed by atoms with van der Waals surface area (Å²) in [6, 6.07) is 15.3. The van der Waals surface area contributed by atoms with E-state index in [0.29, 0.717) is 5.88 Å². The molecule has 0 fully saturated rings. The number of aromatic amines is 1. The highest BCUT2D eigenvalue weighted by atomic mass is 16.5. The molecular weight excluding hydrogens is 226 g/mol. The number of ether oxygens (including phenoxy) is 1. The zero-order chi connectivity index (χ0) is 12.2. The van der Waals surface area contributed by atoms with Crippen LogP contribution in [0, 0.1) is 0 Å². The Morgan fingerprint density at radius 2 is 1.78 bits per heavy atom. The van der Waals surface area contributed by atoms with Crippen LogP contribution in [-0.2, 0) is 0 Å². The fraction of sp³-hybridized carbons (Fsp3) is 0. The number of nitrogens with zero attached hydrogens (tertiary/aromatic N) is 2. The molecule has 0 aliphatic carbocycles. The maximum atomic E-state index is 5.61. The van der Waals surface area contributed by atoms with Gasteiger partial charge < -0.3 is 4.74 Å². The van der Waals surface area contributed by atoms with E-state index in [2.05, 4.69) is 15.2 Å². The van der Waals surface area contributed by atoms with E-state index < -0.39 is 0 Å². The van der Waals surface area contributed by atoms with Gasteiger partial charge in [-0.15, -0.1) is 0 Å². The molecule has 0 spiro atoms. The fourth-order valence-electron chi connectivity index (χ4n) is 1.65. The minimum Gasteiger partial charge on any atom is -0.439 e. The molecule has 0 saturated carbocycles. The van der Waals surface area contributed by atoms with Crippen LogP contribution in [0.15, 0.2) is 60.9 Å². The molecule has 0 radical (unpaired) electrons. The van der Waals surface area contributed by atoms with Gasteiger partial charge >= 0.3 is 0 Å². The van der Waals surface area contributed by atoms with Gasteiger partial charge in [0.15, 0.2) is 0 Å². The van der Waals surface area contributed by atoms with Crippen molar-refractivity contribution in [2.45, 2.75) is 0 Å². The second kappa shape index (κ2) is 4.71. The molecule has 0 amide bonds. The Hall–Kier alpha value is -2.62. The predicted molar refractivity (Wildman–Crippen MR) is 68.3 cm³/mol. The maximum Gasteiger partial charge on any atom is 0.219 e. The first-order valence-electron chi connectivity index (χ1n) is 5.60. The minimum atomic E-state index is 0.590. The maximum absolute atomic E-state index is 5.61. The molecular formula is C14H11N3O. The van der Waals surface area contributed by atoms with Crippen LogP contribution in [0.4, 0.5) is 0 Å². The van der Waals surface area contributed by atoms with E-state index in [9.17, 15) is 0 Å². The highest BCUT2D eigenvalue weighted by molar-refractivity contribution is 5.59. The normalized spacial score (nSPS) is 10.2. The lowest BCUT2D eigenvalue weighted by molar-refractivity contribution is 0.463. The molecule has 0 bridgehead atoms. The lowest BCUT2D eigenvalue weighted by atomic mass is 10.1. The fourth-order valence-corrected chi connectivity index (χ4v) is 1.65. The third-order valence-electron chi connectivity index (χ3n) is 2.53. The number of nitrogens with one attached hydrogen (secondary N) is 1. The van der Waals surface area contributed by atoms with Crippen LogP contribution in [-0.4, -0.2) is 15.2 Å². The Morgan fingerprint density at radius 1 is 0.889 bits per heavy atom. The van der Waals surface area contributed by atoms with Gasteiger partial charge in [0, 0.05) is 18.5 Å². The van der Waals surface area contributed by atoms with Gasteiger partial charge in [-0.25, -0.2) is 4.98 Å². The van der Waals surface area contributed by atoms with E-state index >= 15 is 0 Å². The summed E-state index contributed by atoms with van der Waals surface area (Å²) in [5.74, 6) is 1.35. The number of aromatic nitrogens is 3. The van der Waals surface area contributed by atoms with Crippen LogP contribution in [0.3, 0.4) is 0 Å². The van der Waals surface area contributed by atoms with Crippen LogP contribution in [0.1, 0.15) is 0 Å². The first-order valence-corrected chi connectivity index (χ1v) is 5.60. The minimum absolute atomic E-state index is 0.590. The van der Waals surface area contributed by atoms with Gasteiger partial charge in [0.25, 0.3) is 0 Å². The van der Waals surface area contributed by atoms with E-state index in [1.54, 1.807) is 12.4 Å². The van der Waals surface area contributed by atoms with Crippen LogP contribution < -0.4 is 4.74 Å². The first-order chi connectivity index (χ1) is 8.92. The van der Waals surface area contributed by atoms with E-state index in [4.69, 9.17) is 4.74 Å². The van der Waals surface area contributed by atoms with Gasteiger partial charge in [0.1, 0.15) is 5.75 Å². The highest BCUT2D eigenvalue weighted by Crippen LogP contribution is 2.23. The van der Waals surface area contributed by atoms with Crippen molar-refractivity contribution in [2.24, 2.45) is 0 Å². The summed E-state index contributed by atoms with van der Waals surface area (Å²) in [5, 5.41) is 6.84. The third-order valence-corrected chi connectivity index (χ3v) is 2.53. The highest BCUT2D eigenvalue weighted by Gasteiger charge is 2.00. The van der Waals surface area contributed by atoms with Crippen molar-refractivity contribution < 1.29 is 4.74 Å². The van der Waals surface area contributed by atoms with Crippen LogP contribution >= 0.6 is 0 Å². The molecule has 18 heavy (non-hydrogen) atoms. The number of rotatable bonds is 3. The predicted octanol–water partition coefficient (Wildman–Crippen LogP) is 3.26. The largest absolute Gasteiger partial charge is 0.439 e. The number of H-pyrrole nitrogens is 1. The second-order valence-electron chi connectivity index (χ2n) is 3.76. The first kappa shape index (κ1) is 10.5. The Kier molecular flexibility index (Phi) is 2.75. The number of benzene rings is 1. The zero-order valence-corrected chi connectivity index (χ0v) is 9.58. The number of pyridine rings is 1. The lowest BCUT2D eigenvalue weighted by Crippen LogP contribution is -1.86. The Morgan fingerprint density at radius 3 is 2.44 bits per heavy atom. The molecule has 0 saturated heterocycles. The van der Waals surface area contributed by atoms with Crippen LogP contribution in [0.2, 0.25) is 0 Å². The van der Waals surface area contributed by atoms with Gasteiger partial charge in [-0.1, -0.05) is 6.07 Å². The summed E-state index contributed by atoms with van der Waals surface area (Å²) in [4.78, 5) is 4.11. The van der Waals surface area contributed by atoms with E-state index in [-0.39, 0.29) is 0 Å². The Labute approximate surface area is 104 Å². The monoisotopic (exact) mass is 237 g/mol. The molecule has 2 aromatic heterocycles. The molecule has 3 aromatic rings. The molecule has 1 N–H and O–H groups in total. The average Bonchev–Trinajstić information content (AvgIpc) is 2.95. The summed E-state index contributed by atoms with van der Waals surface area (Å²) in [6.07, 6.45) is 3.43. The second-order valence-corrected chi connectivity index (χ2v) is 3.76. The van der Waals surface area contributed by atoms with Crippen molar-refractivity contribution >= 4 is 0 Å². The lowest BCUT2D eigenvalue weighted by Gasteiger charge is -2.04. The summed E-state index contributed by atoms with van der Waals surface area (Å²) in [5.41, 5.74) is 2.06. The van der Waals surface area contributed by atoms with Gasteiger partial charge in [0.05, 0.1) is 5.69 Å². The van der Waals surface area contributed by atoms with Crippen LogP contribution in [0.5, 0.6) is 11.6 Å². The Balaban J connectivity index is 1.80. The summed E-state index contributed by atoms with van der Waals surface area (Å²) in [7, 11) is 0. The van der Waals surface area contributed by atoms with Gasteiger partial charge in [-0.3, -0.25) is 5.10 Å². The Bertz CT molecular complexity index is 603. The summed E-state index contributed by atoms with van der Waals surface area (Å²) >= 11 is 0. The molecule has 4 nitrogen and oxygen atoms in total. The van der Waals surface area contributed by atoms with Crippen molar-refractivity contribution in [3.63, 3.8) is 0 Å². The van der Waals surface area contributed by atoms with Crippen molar-refractivity contribution in [1.29, 1.82) is 0 Å². The van der Waals surface area contributed by atoms with Gasteiger partial charge in [-0.05, 0) is 42.0 Å². The molecule has 88 valence electrons.